The number of hydrogen-bond donors (Lipinski definition) is 1. The maximum Gasteiger partial charge on any atom is 0.188 e. The van der Waals surface area contributed by atoms with E-state index in [9.17, 15) is 0 Å². The molecule has 2 N–H and O–H groups in total. The second-order valence-electron chi connectivity index (χ2n) is 4.58. The lowest BCUT2D eigenvalue weighted by molar-refractivity contribution is 0.787. The van der Waals surface area contributed by atoms with E-state index in [0.717, 1.165) is 11.3 Å². The number of aromatic nitrogens is 4. The van der Waals surface area contributed by atoms with Gasteiger partial charge >= 0.3 is 0 Å². The van der Waals surface area contributed by atoms with Crippen LogP contribution in [0, 0.1) is 6.92 Å². The smallest absolute Gasteiger partial charge is 0.188 e. The molecule has 0 spiro atoms. The fourth-order valence-corrected chi connectivity index (χ4v) is 2.52. The second-order valence-corrected chi connectivity index (χ2v) is 5.43. The van der Waals surface area contributed by atoms with Gasteiger partial charge in [0.05, 0.1) is 10.7 Å². The van der Waals surface area contributed by atoms with Crippen molar-refractivity contribution in [2.24, 2.45) is 0 Å². The number of nitrogen functional groups attached to an aromatic ring is 1. The molecule has 106 valence electrons. The van der Waals surface area contributed by atoms with E-state index in [1.807, 2.05) is 19.1 Å². The summed E-state index contributed by atoms with van der Waals surface area (Å²) in [7, 11) is 0. The summed E-state index contributed by atoms with van der Waals surface area (Å²) in [6, 6.07) is 10.7. The van der Waals surface area contributed by atoms with Gasteiger partial charge in [0.15, 0.2) is 5.82 Å². The molecule has 3 aromatic rings. The summed E-state index contributed by atoms with van der Waals surface area (Å²) in [6.07, 6.45) is 0. The molecule has 0 aliphatic carbocycles. The van der Waals surface area contributed by atoms with E-state index in [-0.39, 0.29) is 0 Å². The van der Waals surface area contributed by atoms with Crippen molar-refractivity contribution in [1.29, 1.82) is 0 Å². The number of halogens is 2. The van der Waals surface area contributed by atoms with Crippen LogP contribution in [0.3, 0.4) is 0 Å². The number of rotatable bonds is 2. The van der Waals surface area contributed by atoms with Gasteiger partial charge < -0.3 is 5.73 Å². The molecule has 0 saturated heterocycles. The summed E-state index contributed by atoms with van der Waals surface area (Å²) in [4.78, 5) is 0. The fraction of sp³-hybridized carbons (Fsp3) is 0.0714. The van der Waals surface area contributed by atoms with Crippen molar-refractivity contribution in [2.75, 3.05) is 5.73 Å². The van der Waals surface area contributed by atoms with Gasteiger partial charge in [-0.15, -0.1) is 5.10 Å². The summed E-state index contributed by atoms with van der Waals surface area (Å²) in [5.41, 5.74) is 8.88. The molecular formula is C14H11Cl2N5. The highest BCUT2D eigenvalue weighted by Gasteiger charge is 2.15. The molecule has 21 heavy (non-hydrogen) atoms. The quantitative estimate of drug-likeness (QED) is 0.733. The topological polar surface area (TPSA) is 69.6 Å². The van der Waals surface area contributed by atoms with Crippen LogP contribution in [0.4, 0.5) is 5.69 Å². The lowest BCUT2D eigenvalue weighted by atomic mass is 10.1. The minimum Gasteiger partial charge on any atom is -0.399 e. The van der Waals surface area contributed by atoms with Gasteiger partial charge in [-0.3, -0.25) is 0 Å². The third-order valence-electron chi connectivity index (χ3n) is 3.09. The van der Waals surface area contributed by atoms with E-state index in [0.29, 0.717) is 27.1 Å². The van der Waals surface area contributed by atoms with Crippen LogP contribution in [-0.2, 0) is 0 Å². The minimum atomic E-state index is 0.526. The molecule has 1 aromatic heterocycles. The van der Waals surface area contributed by atoms with Crippen molar-refractivity contribution in [2.45, 2.75) is 6.92 Å². The van der Waals surface area contributed by atoms with Crippen molar-refractivity contribution in [1.82, 2.24) is 20.2 Å². The van der Waals surface area contributed by atoms with Gasteiger partial charge in [0.2, 0.25) is 0 Å². The molecular weight excluding hydrogens is 309 g/mol. The van der Waals surface area contributed by atoms with Crippen LogP contribution in [0.5, 0.6) is 0 Å². The average Bonchev–Trinajstić information content (AvgIpc) is 2.90. The van der Waals surface area contributed by atoms with Gasteiger partial charge in [-0.1, -0.05) is 23.2 Å². The van der Waals surface area contributed by atoms with E-state index < -0.39 is 0 Å². The molecule has 0 aliphatic heterocycles. The van der Waals surface area contributed by atoms with Crippen molar-refractivity contribution in [3.63, 3.8) is 0 Å². The molecule has 0 radical (unpaired) electrons. The molecule has 7 heteroatoms. The molecule has 0 fully saturated rings. The normalized spacial score (nSPS) is 10.8. The lowest BCUT2D eigenvalue weighted by Crippen LogP contribution is -2.02. The van der Waals surface area contributed by atoms with E-state index in [1.54, 1.807) is 28.9 Å². The molecule has 0 saturated carbocycles. The Morgan fingerprint density at radius 3 is 2.67 bits per heavy atom. The second kappa shape index (κ2) is 5.35. The van der Waals surface area contributed by atoms with Crippen molar-refractivity contribution in [3.05, 3.63) is 52.0 Å². The van der Waals surface area contributed by atoms with Crippen LogP contribution in [-0.4, -0.2) is 20.2 Å². The first-order valence-electron chi connectivity index (χ1n) is 6.16. The van der Waals surface area contributed by atoms with Crippen LogP contribution < -0.4 is 5.73 Å². The maximum atomic E-state index is 6.23. The van der Waals surface area contributed by atoms with Gasteiger partial charge in [-0.05, 0) is 59.3 Å². The highest BCUT2D eigenvalue weighted by atomic mass is 35.5. The van der Waals surface area contributed by atoms with Crippen molar-refractivity contribution < 1.29 is 0 Å². The van der Waals surface area contributed by atoms with Gasteiger partial charge in [-0.2, -0.15) is 4.68 Å². The number of anilines is 1. The highest BCUT2D eigenvalue weighted by molar-refractivity contribution is 6.33. The molecule has 0 bridgehead atoms. The summed E-state index contributed by atoms with van der Waals surface area (Å²) in [5.74, 6) is 0.526. The van der Waals surface area contributed by atoms with Gasteiger partial charge in [0, 0.05) is 16.3 Å². The Labute approximate surface area is 131 Å². The monoisotopic (exact) mass is 319 g/mol. The van der Waals surface area contributed by atoms with Crippen molar-refractivity contribution in [3.8, 4) is 17.1 Å². The number of nitrogens with zero attached hydrogens (tertiary/aromatic N) is 4. The number of aryl methyl sites for hydroxylation is 1. The molecule has 0 unspecified atom stereocenters. The van der Waals surface area contributed by atoms with Crippen LogP contribution in [0.2, 0.25) is 10.0 Å². The molecule has 0 atom stereocenters. The largest absolute Gasteiger partial charge is 0.399 e. The van der Waals surface area contributed by atoms with E-state index >= 15 is 0 Å². The third kappa shape index (κ3) is 2.57. The number of nitrogens with two attached hydrogens (primary N) is 1. The summed E-state index contributed by atoms with van der Waals surface area (Å²) < 4.78 is 1.62. The Hall–Kier alpha value is -2.11. The third-order valence-corrected chi connectivity index (χ3v) is 3.65. The van der Waals surface area contributed by atoms with Gasteiger partial charge in [-0.25, -0.2) is 0 Å². The Bertz CT molecular complexity index is 813. The highest BCUT2D eigenvalue weighted by Crippen LogP contribution is 2.30. The Kier molecular flexibility index (Phi) is 3.53. The first kappa shape index (κ1) is 13.9. The molecule has 2 aromatic carbocycles. The average molecular weight is 320 g/mol. The fourth-order valence-electron chi connectivity index (χ4n) is 2.09. The predicted molar refractivity (Wildman–Crippen MR) is 83.8 cm³/mol. The first-order valence-corrected chi connectivity index (χ1v) is 6.92. The first-order chi connectivity index (χ1) is 10.1. The molecule has 5 nitrogen and oxygen atoms in total. The number of benzene rings is 2. The minimum absolute atomic E-state index is 0.526. The van der Waals surface area contributed by atoms with Crippen LogP contribution in [0.15, 0.2) is 36.4 Å². The summed E-state index contributed by atoms with van der Waals surface area (Å²) in [5, 5.41) is 13.0. The maximum absolute atomic E-state index is 6.23. The Morgan fingerprint density at radius 1 is 1.10 bits per heavy atom. The zero-order chi connectivity index (χ0) is 15.0. The zero-order valence-electron chi connectivity index (χ0n) is 11.1. The number of tetrazole rings is 1. The van der Waals surface area contributed by atoms with Crippen molar-refractivity contribution >= 4 is 28.9 Å². The standard InChI is InChI=1S/C14H11Cl2N5/c1-8-6-9(15)2-5-13(8)21-14(18-19-20-21)11-7-10(17)3-4-12(11)16/h2-7H,17H2,1H3. The van der Waals surface area contributed by atoms with E-state index in [2.05, 4.69) is 15.5 Å². The molecule has 0 aliphatic rings. The van der Waals surface area contributed by atoms with Crippen LogP contribution >= 0.6 is 23.2 Å². The SMILES string of the molecule is Cc1cc(Cl)ccc1-n1nnnc1-c1cc(N)ccc1Cl. The Balaban J connectivity index is 2.19. The lowest BCUT2D eigenvalue weighted by Gasteiger charge is -2.09. The molecule has 3 rings (SSSR count). The summed E-state index contributed by atoms with van der Waals surface area (Å²) >= 11 is 12.2. The van der Waals surface area contributed by atoms with Gasteiger partial charge in [0.25, 0.3) is 0 Å². The summed E-state index contributed by atoms with van der Waals surface area (Å²) in [6.45, 7) is 1.94. The molecule has 1 heterocycles. The van der Waals surface area contributed by atoms with Crippen LogP contribution in [0.1, 0.15) is 5.56 Å². The van der Waals surface area contributed by atoms with E-state index in [1.165, 1.54) is 0 Å². The van der Waals surface area contributed by atoms with Crippen LogP contribution in [0.25, 0.3) is 17.1 Å². The van der Waals surface area contributed by atoms with Gasteiger partial charge in [0.1, 0.15) is 0 Å². The predicted octanol–water partition coefficient (Wildman–Crippen LogP) is 3.53. The number of hydrogen-bond acceptors (Lipinski definition) is 4. The zero-order valence-corrected chi connectivity index (χ0v) is 12.6. The Morgan fingerprint density at radius 2 is 1.90 bits per heavy atom. The van der Waals surface area contributed by atoms with E-state index in [4.69, 9.17) is 28.9 Å². The molecule has 0 amide bonds.